The Morgan fingerprint density at radius 3 is 2.17 bits per heavy atom. The molecule has 0 spiro atoms. The Labute approximate surface area is 104 Å². The summed E-state index contributed by atoms with van der Waals surface area (Å²) in [5, 5.41) is -0.0941. The smallest absolute Gasteiger partial charge is 0.455 e. The normalized spacial score (nSPS) is 14.4. The van der Waals surface area contributed by atoms with Gasteiger partial charge in [0, 0.05) is 0 Å². The summed E-state index contributed by atoms with van der Waals surface area (Å²) in [4.78, 5) is 0. The zero-order valence-corrected chi connectivity index (χ0v) is 9.82. The first-order valence-corrected chi connectivity index (χ1v) is 5.02. The number of benzene rings is 1. The molecule has 8 heteroatoms. The molecule has 1 rings (SSSR count). The maximum Gasteiger partial charge on any atom is 0.455 e. The fourth-order valence-corrected chi connectivity index (χ4v) is 1.53. The highest BCUT2D eigenvalue weighted by molar-refractivity contribution is 6.32. The SMILES string of the molecule is COc1ccc(C(N)C(F)(F)C(F)(F)F)cc1Cl. The monoisotopic (exact) mass is 289 g/mol. The molecule has 1 aromatic rings. The van der Waals surface area contributed by atoms with Crippen LogP contribution >= 0.6 is 11.6 Å². The van der Waals surface area contributed by atoms with Crippen LogP contribution in [-0.4, -0.2) is 19.2 Å². The topological polar surface area (TPSA) is 35.2 Å². The number of halogens is 6. The lowest BCUT2D eigenvalue weighted by Crippen LogP contribution is -2.45. The van der Waals surface area contributed by atoms with Gasteiger partial charge in [-0.15, -0.1) is 0 Å². The molecule has 0 heterocycles. The molecule has 102 valence electrons. The maximum atomic E-state index is 13.0. The average molecular weight is 290 g/mol. The standard InChI is InChI=1S/C10H9ClF5NO/c1-18-7-3-2-5(4-6(7)11)8(17)9(12,13)10(14,15)16/h2-4,8H,17H2,1H3. The number of hydrogen-bond acceptors (Lipinski definition) is 2. The number of nitrogens with two attached hydrogens (primary N) is 1. The molecule has 0 aliphatic heterocycles. The van der Waals surface area contributed by atoms with Crippen molar-refractivity contribution in [1.29, 1.82) is 0 Å². The second kappa shape index (κ2) is 4.89. The van der Waals surface area contributed by atoms with Crippen molar-refractivity contribution in [3.8, 4) is 5.75 Å². The summed E-state index contributed by atoms with van der Waals surface area (Å²) in [6, 6.07) is 0.574. The molecular formula is C10H9ClF5NO. The Morgan fingerprint density at radius 2 is 1.78 bits per heavy atom. The van der Waals surface area contributed by atoms with Crippen LogP contribution in [0.25, 0.3) is 0 Å². The fourth-order valence-electron chi connectivity index (χ4n) is 1.26. The Kier molecular flexibility index (Phi) is 4.07. The first-order valence-electron chi connectivity index (χ1n) is 4.64. The molecule has 1 atom stereocenters. The minimum absolute atomic E-state index is 0.0941. The molecular weight excluding hydrogens is 281 g/mol. The van der Waals surface area contributed by atoms with Crippen molar-refractivity contribution in [1.82, 2.24) is 0 Å². The van der Waals surface area contributed by atoms with Crippen LogP contribution in [0.1, 0.15) is 11.6 Å². The Morgan fingerprint density at radius 1 is 1.22 bits per heavy atom. The third-order valence-corrected chi connectivity index (χ3v) is 2.60. The van der Waals surface area contributed by atoms with E-state index in [1.807, 2.05) is 0 Å². The van der Waals surface area contributed by atoms with Gasteiger partial charge >= 0.3 is 12.1 Å². The van der Waals surface area contributed by atoms with E-state index in [1.165, 1.54) is 13.2 Å². The number of methoxy groups -OCH3 is 1. The van der Waals surface area contributed by atoms with Gasteiger partial charge in [0.15, 0.2) is 0 Å². The number of alkyl halides is 5. The first-order chi connectivity index (χ1) is 8.11. The molecule has 0 aromatic heterocycles. The lowest BCUT2D eigenvalue weighted by atomic mass is 10.0. The zero-order chi connectivity index (χ0) is 14.1. The molecule has 0 radical (unpaired) electrons. The third-order valence-electron chi connectivity index (χ3n) is 2.30. The van der Waals surface area contributed by atoms with Gasteiger partial charge < -0.3 is 10.5 Å². The minimum Gasteiger partial charge on any atom is -0.495 e. The van der Waals surface area contributed by atoms with Gasteiger partial charge in [-0.25, -0.2) is 0 Å². The maximum absolute atomic E-state index is 13.0. The van der Waals surface area contributed by atoms with Gasteiger partial charge in [-0.3, -0.25) is 0 Å². The lowest BCUT2D eigenvalue weighted by Gasteiger charge is -2.26. The number of rotatable bonds is 3. The van der Waals surface area contributed by atoms with E-state index in [2.05, 4.69) is 0 Å². The second-order valence-electron chi connectivity index (χ2n) is 3.49. The Balaban J connectivity index is 3.12. The van der Waals surface area contributed by atoms with Gasteiger partial charge in [-0.05, 0) is 17.7 Å². The molecule has 0 amide bonds. The first kappa shape index (κ1) is 15.0. The molecule has 0 saturated carbocycles. The molecule has 0 bridgehead atoms. The summed E-state index contributed by atoms with van der Waals surface area (Å²) >= 11 is 5.63. The zero-order valence-electron chi connectivity index (χ0n) is 9.06. The van der Waals surface area contributed by atoms with Crippen molar-refractivity contribution in [2.75, 3.05) is 7.11 Å². The molecule has 0 aliphatic carbocycles. The highest BCUT2D eigenvalue weighted by Crippen LogP contribution is 2.44. The Bertz CT molecular complexity index is 435. The van der Waals surface area contributed by atoms with Crippen LogP contribution in [-0.2, 0) is 0 Å². The largest absolute Gasteiger partial charge is 0.495 e. The van der Waals surface area contributed by atoms with E-state index in [0.717, 1.165) is 12.1 Å². The lowest BCUT2D eigenvalue weighted by molar-refractivity contribution is -0.291. The summed E-state index contributed by atoms with van der Waals surface area (Å²) in [5.74, 6) is -4.88. The van der Waals surface area contributed by atoms with Gasteiger partial charge in [0.1, 0.15) is 11.8 Å². The highest BCUT2D eigenvalue weighted by Gasteiger charge is 2.61. The van der Waals surface area contributed by atoms with Crippen molar-refractivity contribution in [3.63, 3.8) is 0 Å². The fraction of sp³-hybridized carbons (Fsp3) is 0.400. The van der Waals surface area contributed by atoms with Crippen LogP contribution in [0, 0.1) is 0 Å². The van der Waals surface area contributed by atoms with E-state index in [9.17, 15) is 22.0 Å². The molecule has 1 aromatic carbocycles. The third kappa shape index (κ3) is 2.67. The van der Waals surface area contributed by atoms with E-state index in [-0.39, 0.29) is 10.8 Å². The summed E-state index contributed by atoms with van der Waals surface area (Å²) < 4.78 is 67.1. The molecule has 0 saturated heterocycles. The number of hydrogen-bond donors (Lipinski definition) is 1. The van der Waals surface area contributed by atoms with Gasteiger partial charge in [0.2, 0.25) is 0 Å². The average Bonchev–Trinajstić information content (AvgIpc) is 2.26. The molecule has 2 nitrogen and oxygen atoms in total. The van der Waals surface area contributed by atoms with Gasteiger partial charge in [0.25, 0.3) is 0 Å². The van der Waals surface area contributed by atoms with Crippen molar-refractivity contribution in [2.45, 2.75) is 18.1 Å². The number of ether oxygens (including phenoxy) is 1. The van der Waals surface area contributed by atoms with E-state index in [1.54, 1.807) is 0 Å². The van der Waals surface area contributed by atoms with Crippen LogP contribution < -0.4 is 10.5 Å². The van der Waals surface area contributed by atoms with E-state index < -0.39 is 23.7 Å². The minimum atomic E-state index is -5.72. The van der Waals surface area contributed by atoms with Crippen molar-refractivity contribution in [2.24, 2.45) is 5.73 Å². The van der Waals surface area contributed by atoms with Gasteiger partial charge in [0.05, 0.1) is 12.1 Å². The predicted octanol–water partition coefficient (Wildman–Crippen LogP) is 3.55. The van der Waals surface area contributed by atoms with Crippen LogP contribution in [0.15, 0.2) is 18.2 Å². The predicted molar refractivity (Wildman–Crippen MR) is 55.9 cm³/mol. The molecule has 2 N–H and O–H groups in total. The van der Waals surface area contributed by atoms with E-state index >= 15 is 0 Å². The quantitative estimate of drug-likeness (QED) is 0.864. The molecule has 1 unspecified atom stereocenters. The highest BCUT2D eigenvalue weighted by atomic mass is 35.5. The van der Waals surface area contributed by atoms with E-state index in [0.29, 0.717) is 0 Å². The van der Waals surface area contributed by atoms with Gasteiger partial charge in [-0.1, -0.05) is 17.7 Å². The summed E-state index contributed by atoms with van der Waals surface area (Å²) in [7, 11) is 1.28. The van der Waals surface area contributed by atoms with Crippen LogP contribution in [0.3, 0.4) is 0 Å². The summed E-state index contributed by atoms with van der Waals surface area (Å²) in [6.07, 6.45) is -5.72. The Hall–Kier alpha value is -1.08. The summed E-state index contributed by atoms with van der Waals surface area (Å²) in [5.41, 5.74) is 4.52. The van der Waals surface area contributed by atoms with Crippen LogP contribution in [0.5, 0.6) is 5.75 Å². The van der Waals surface area contributed by atoms with E-state index in [4.69, 9.17) is 22.1 Å². The van der Waals surface area contributed by atoms with Crippen molar-refractivity contribution < 1.29 is 26.7 Å². The second-order valence-corrected chi connectivity index (χ2v) is 3.90. The van der Waals surface area contributed by atoms with Crippen LogP contribution in [0.2, 0.25) is 5.02 Å². The van der Waals surface area contributed by atoms with Crippen LogP contribution in [0.4, 0.5) is 22.0 Å². The van der Waals surface area contributed by atoms with Crippen molar-refractivity contribution >= 4 is 11.6 Å². The van der Waals surface area contributed by atoms with Crippen molar-refractivity contribution in [3.05, 3.63) is 28.8 Å². The van der Waals surface area contributed by atoms with Gasteiger partial charge in [-0.2, -0.15) is 22.0 Å². The summed E-state index contributed by atoms with van der Waals surface area (Å²) in [6.45, 7) is 0. The molecule has 18 heavy (non-hydrogen) atoms. The molecule has 0 aliphatic rings. The molecule has 0 fully saturated rings.